The first-order chi connectivity index (χ1) is 15.8. The zero-order chi connectivity index (χ0) is 23.6. The lowest BCUT2D eigenvalue weighted by Crippen LogP contribution is -3.00. The topological polar surface area (TPSA) is 99.1 Å². The number of hydrogen-bond donors (Lipinski definition) is 2. The Labute approximate surface area is 218 Å². The molecule has 0 atom stereocenters. The van der Waals surface area contributed by atoms with Crippen molar-refractivity contribution in [2.24, 2.45) is 0 Å². The van der Waals surface area contributed by atoms with E-state index in [2.05, 4.69) is 16.1 Å². The van der Waals surface area contributed by atoms with E-state index in [1.807, 2.05) is 0 Å². The summed E-state index contributed by atoms with van der Waals surface area (Å²) in [6, 6.07) is 12.5. The van der Waals surface area contributed by atoms with Crippen LogP contribution in [0.15, 0.2) is 47.4 Å². The van der Waals surface area contributed by atoms with Crippen molar-refractivity contribution >= 4 is 61.2 Å². The van der Waals surface area contributed by atoms with Crippen LogP contribution in [0.1, 0.15) is 45.6 Å². The fourth-order valence-corrected chi connectivity index (χ4v) is 6.50. The molecule has 11 heteroatoms. The van der Waals surface area contributed by atoms with Gasteiger partial charge in [0.15, 0.2) is 0 Å². The van der Waals surface area contributed by atoms with Crippen LogP contribution in [0.5, 0.6) is 0 Å². The molecule has 4 rings (SSSR count). The highest BCUT2D eigenvalue weighted by Crippen LogP contribution is 2.37. The Balaban J connectivity index is 0.00000324. The number of halogens is 3. The van der Waals surface area contributed by atoms with Crippen LogP contribution >= 0.6 is 34.5 Å². The van der Waals surface area contributed by atoms with Gasteiger partial charge in [-0.25, -0.2) is 8.42 Å². The number of amides is 1. The van der Waals surface area contributed by atoms with Crippen molar-refractivity contribution in [2.45, 2.75) is 37.0 Å². The van der Waals surface area contributed by atoms with Crippen LogP contribution in [-0.4, -0.2) is 14.3 Å². The number of para-hydroxylation sites is 1. The third kappa shape index (κ3) is 5.51. The van der Waals surface area contributed by atoms with Crippen molar-refractivity contribution in [3.8, 4) is 6.07 Å². The van der Waals surface area contributed by atoms with Crippen molar-refractivity contribution < 1.29 is 25.6 Å². The average molecular weight is 556 g/mol. The Kier molecular flexibility index (Phi) is 8.50. The summed E-state index contributed by atoms with van der Waals surface area (Å²) in [5.41, 5.74) is 1.69. The summed E-state index contributed by atoms with van der Waals surface area (Å²) in [6.45, 7) is 0. The number of carbonyl (C=O) groups excluding carboxylic acids is 1. The molecular weight excluding hydrogens is 537 g/mol. The number of hydrogen-bond acceptors (Lipinski definition) is 5. The Bertz CT molecular complexity index is 1380. The van der Waals surface area contributed by atoms with Gasteiger partial charge in [-0.1, -0.05) is 41.8 Å². The number of thiophene rings is 1. The van der Waals surface area contributed by atoms with Crippen molar-refractivity contribution in [1.29, 1.82) is 5.26 Å². The van der Waals surface area contributed by atoms with Crippen molar-refractivity contribution in [1.82, 2.24) is 0 Å². The molecular formula is C23H19Cl3N3O3S2-. The highest BCUT2D eigenvalue weighted by atomic mass is 35.5. The van der Waals surface area contributed by atoms with Gasteiger partial charge in [-0.05, 0) is 61.6 Å². The summed E-state index contributed by atoms with van der Waals surface area (Å²) in [4.78, 5) is 14.0. The summed E-state index contributed by atoms with van der Waals surface area (Å²) in [5, 5.41) is 13.3. The van der Waals surface area contributed by atoms with Crippen LogP contribution in [0.3, 0.4) is 0 Å². The number of aryl methyl sites for hydroxylation is 1. The predicted molar refractivity (Wildman–Crippen MR) is 132 cm³/mol. The zero-order valence-electron chi connectivity index (χ0n) is 17.7. The Morgan fingerprint density at radius 2 is 1.76 bits per heavy atom. The van der Waals surface area contributed by atoms with E-state index in [1.165, 1.54) is 35.6 Å². The van der Waals surface area contributed by atoms with E-state index in [0.29, 0.717) is 10.6 Å². The molecule has 178 valence electrons. The molecule has 2 aromatic carbocycles. The number of nitriles is 1. The molecule has 1 heterocycles. The molecule has 2 N–H and O–H groups in total. The number of anilines is 2. The van der Waals surface area contributed by atoms with Crippen LogP contribution in [0.2, 0.25) is 10.0 Å². The van der Waals surface area contributed by atoms with Crippen LogP contribution in [0.4, 0.5) is 10.7 Å². The molecule has 0 saturated carbocycles. The van der Waals surface area contributed by atoms with Gasteiger partial charge in [-0.15, -0.1) is 11.3 Å². The van der Waals surface area contributed by atoms with Crippen molar-refractivity contribution in [2.75, 3.05) is 10.0 Å². The number of nitrogens with zero attached hydrogens (tertiary/aromatic N) is 1. The SMILES string of the molecule is N#Cc1c(NC(=O)c2cc(S(=O)(=O)Nc3ccccc3Cl)ccc2Cl)sc2c1CCCCC2.[Cl-]. The van der Waals surface area contributed by atoms with Crippen LogP contribution in [0, 0.1) is 11.3 Å². The first-order valence-electron chi connectivity index (χ1n) is 10.2. The molecule has 0 fully saturated rings. The number of sulfonamides is 1. The lowest BCUT2D eigenvalue weighted by Gasteiger charge is -2.12. The minimum absolute atomic E-state index is 0. The number of fused-ring (bicyclic) bond motifs is 1. The molecule has 3 aromatic rings. The third-order valence-electron chi connectivity index (χ3n) is 5.37. The van der Waals surface area contributed by atoms with Gasteiger partial charge in [-0.2, -0.15) is 5.26 Å². The molecule has 1 aliphatic carbocycles. The lowest BCUT2D eigenvalue weighted by atomic mass is 10.1. The first-order valence-corrected chi connectivity index (χ1v) is 13.3. The van der Waals surface area contributed by atoms with Gasteiger partial charge >= 0.3 is 0 Å². The smallest absolute Gasteiger partial charge is 0.261 e. The summed E-state index contributed by atoms with van der Waals surface area (Å²) >= 11 is 13.7. The van der Waals surface area contributed by atoms with Gasteiger partial charge in [0, 0.05) is 4.88 Å². The Morgan fingerprint density at radius 3 is 2.50 bits per heavy atom. The predicted octanol–water partition coefficient (Wildman–Crippen LogP) is 3.25. The van der Waals surface area contributed by atoms with Crippen LogP contribution in [0.25, 0.3) is 0 Å². The quantitative estimate of drug-likeness (QED) is 0.472. The monoisotopic (exact) mass is 554 g/mol. The van der Waals surface area contributed by atoms with E-state index in [1.54, 1.807) is 18.2 Å². The largest absolute Gasteiger partial charge is 1.00 e. The molecule has 0 saturated heterocycles. The van der Waals surface area contributed by atoms with Crippen molar-refractivity contribution in [3.05, 3.63) is 74.1 Å². The first kappa shape index (κ1) is 26.3. The van der Waals surface area contributed by atoms with Gasteiger partial charge in [0.2, 0.25) is 0 Å². The number of carbonyl (C=O) groups is 1. The van der Waals surface area contributed by atoms with E-state index >= 15 is 0 Å². The zero-order valence-corrected chi connectivity index (χ0v) is 21.6. The minimum Gasteiger partial charge on any atom is -1.00 e. The Morgan fingerprint density at radius 1 is 1.03 bits per heavy atom. The number of benzene rings is 2. The maximum atomic E-state index is 13.0. The van der Waals surface area contributed by atoms with Gasteiger partial charge in [0.05, 0.1) is 31.8 Å². The number of nitrogens with one attached hydrogen (secondary N) is 2. The van der Waals surface area contributed by atoms with Gasteiger partial charge in [0.25, 0.3) is 15.9 Å². The van der Waals surface area contributed by atoms with E-state index in [-0.39, 0.29) is 38.6 Å². The number of rotatable bonds is 5. The highest BCUT2D eigenvalue weighted by Gasteiger charge is 2.24. The fraction of sp³-hybridized carbons (Fsp3) is 0.217. The summed E-state index contributed by atoms with van der Waals surface area (Å²) < 4.78 is 28.2. The van der Waals surface area contributed by atoms with E-state index in [9.17, 15) is 18.5 Å². The third-order valence-corrected chi connectivity index (χ3v) is 8.60. The van der Waals surface area contributed by atoms with Gasteiger partial charge in [0.1, 0.15) is 11.1 Å². The fourth-order valence-electron chi connectivity index (χ4n) is 3.71. The van der Waals surface area contributed by atoms with Gasteiger partial charge < -0.3 is 17.7 Å². The average Bonchev–Trinajstić information content (AvgIpc) is 2.94. The molecule has 1 aromatic heterocycles. The van der Waals surface area contributed by atoms with Gasteiger partial charge in [-0.3, -0.25) is 9.52 Å². The summed E-state index contributed by atoms with van der Waals surface area (Å²) in [7, 11) is -4.02. The molecule has 0 spiro atoms. The molecule has 34 heavy (non-hydrogen) atoms. The second-order valence-corrected chi connectivity index (χ2v) is 11.2. The summed E-state index contributed by atoms with van der Waals surface area (Å²) in [6.07, 6.45) is 4.87. The van der Waals surface area contributed by atoms with Crippen LogP contribution in [-0.2, 0) is 22.9 Å². The summed E-state index contributed by atoms with van der Waals surface area (Å²) in [5.74, 6) is -0.581. The minimum atomic E-state index is -4.02. The maximum absolute atomic E-state index is 13.0. The second-order valence-electron chi connectivity index (χ2n) is 7.56. The molecule has 6 nitrogen and oxygen atoms in total. The van der Waals surface area contributed by atoms with Crippen molar-refractivity contribution in [3.63, 3.8) is 0 Å². The van der Waals surface area contributed by atoms with Crippen LogP contribution < -0.4 is 22.4 Å². The standard InChI is InChI=1S/C23H19Cl2N3O3S2.ClH/c24-18-11-10-14(33(30,31)28-20-8-5-4-7-19(20)25)12-16(18)22(29)27-23-17(13-26)15-6-2-1-3-9-21(15)32-23;/h4-5,7-8,10-12,28H,1-3,6,9H2,(H,27,29);1H/p-1. The van der Waals surface area contributed by atoms with E-state index in [0.717, 1.165) is 42.5 Å². The molecule has 0 radical (unpaired) electrons. The molecule has 0 aliphatic heterocycles. The second kappa shape index (κ2) is 11.0. The molecule has 1 aliphatic rings. The lowest BCUT2D eigenvalue weighted by molar-refractivity contribution is -0.0000165. The molecule has 0 bridgehead atoms. The normalized spacial score (nSPS) is 13.1. The Hall–Kier alpha value is -2.28. The van der Waals surface area contributed by atoms with E-state index < -0.39 is 15.9 Å². The van der Waals surface area contributed by atoms with E-state index in [4.69, 9.17) is 23.2 Å². The molecule has 1 amide bonds. The maximum Gasteiger partial charge on any atom is 0.261 e. The highest BCUT2D eigenvalue weighted by molar-refractivity contribution is 7.92. The molecule has 0 unspecified atom stereocenters.